The van der Waals surface area contributed by atoms with Gasteiger partial charge in [-0.15, -0.1) is 11.3 Å². The average molecular weight is 667 g/mol. The zero-order valence-electron chi connectivity index (χ0n) is 27.6. The van der Waals surface area contributed by atoms with Crippen molar-refractivity contribution in [2.24, 2.45) is 0 Å². The fraction of sp³-hybridized carbons (Fsp3) is 0. The highest BCUT2D eigenvalue weighted by Crippen LogP contribution is 2.46. The summed E-state index contributed by atoms with van der Waals surface area (Å²) in [7, 11) is 0. The highest BCUT2D eigenvalue weighted by atomic mass is 32.1. The van der Waals surface area contributed by atoms with Crippen LogP contribution in [-0.4, -0.2) is 4.57 Å². The minimum atomic E-state index is 1.12. The first-order chi connectivity index (χ1) is 25.3. The number of para-hydroxylation sites is 2. The molecule has 3 heteroatoms. The molecule has 2 aromatic heterocycles. The van der Waals surface area contributed by atoms with E-state index in [1.54, 1.807) is 0 Å². The number of rotatable bonds is 4. The van der Waals surface area contributed by atoms with Crippen molar-refractivity contribution < 1.29 is 0 Å². The number of fused-ring (bicyclic) bond motifs is 11. The van der Waals surface area contributed by atoms with Crippen molar-refractivity contribution >= 4 is 103 Å². The summed E-state index contributed by atoms with van der Waals surface area (Å²) in [6.45, 7) is 0. The lowest BCUT2D eigenvalue weighted by Crippen LogP contribution is -2.11. The Morgan fingerprint density at radius 3 is 1.88 bits per heavy atom. The van der Waals surface area contributed by atoms with Crippen LogP contribution in [0.3, 0.4) is 0 Å². The number of nitrogens with zero attached hydrogens (tertiary/aromatic N) is 2. The van der Waals surface area contributed by atoms with Crippen LogP contribution in [0.25, 0.3) is 80.0 Å². The topological polar surface area (TPSA) is 8.17 Å². The number of thiophene rings is 1. The molecule has 0 atom stereocenters. The predicted octanol–water partition coefficient (Wildman–Crippen LogP) is 14.1. The van der Waals surface area contributed by atoms with Crippen LogP contribution in [0.2, 0.25) is 0 Å². The third kappa shape index (κ3) is 4.29. The standard InChI is InChI=1S/C48H30N2S/c1-2-13-33(14-3-1)50-43-20-10-8-16-37(43)39-26-24-35(30-45(39)50)49(34-25-27-47-42(29-34)40-18-9-11-21-46(40)51-47)44-28-32-23-22-31-12-4-5-15-36(31)48(32)41-19-7-6-17-38(41)44/h1-30H. The smallest absolute Gasteiger partial charge is 0.0561 e. The van der Waals surface area contributed by atoms with Gasteiger partial charge in [-0.05, 0) is 87.6 Å². The highest BCUT2D eigenvalue weighted by molar-refractivity contribution is 7.25. The van der Waals surface area contributed by atoms with Gasteiger partial charge in [0, 0.05) is 53.4 Å². The van der Waals surface area contributed by atoms with Crippen LogP contribution < -0.4 is 4.90 Å². The van der Waals surface area contributed by atoms with E-state index in [0.29, 0.717) is 0 Å². The first-order valence-electron chi connectivity index (χ1n) is 17.4. The number of hydrogen-bond acceptors (Lipinski definition) is 2. The summed E-state index contributed by atoms with van der Waals surface area (Å²) in [6.07, 6.45) is 0. The molecule has 0 N–H and O–H groups in total. The summed E-state index contributed by atoms with van der Waals surface area (Å²) in [4.78, 5) is 2.48. The van der Waals surface area contributed by atoms with Gasteiger partial charge < -0.3 is 9.47 Å². The molecule has 11 rings (SSSR count). The molecule has 51 heavy (non-hydrogen) atoms. The summed E-state index contributed by atoms with van der Waals surface area (Å²) >= 11 is 1.86. The van der Waals surface area contributed by atoms with E-state index in [1.807, 2.05) is 11.3 Å². The van der Waals surface area contributed by atoms with Crippen LogP contribution in [0.5, 0.6) is 0 Å². The number of hydrogen-bond donors (Lipinski definition) is 0. The van der Waals surface area contributed by atoms with E-state index in [-0.39, 0.29) is 0 Å². The normalized spacial score (nSPS) is 11.9. The maximum Gasteiger partial charge on any atom is 0.0561 e. The van der Waals surface area contributed by atoms with Gasteiger partial charge in [-0.1, -0.05) is 121 Å². The van der Waals surface area contributed by atoms with Gasteiger partial charge in [0.15, 0.2) is 0 Å². The van der Waals surface area contributed by atoms with Gasteiger partial charge >= 0.3 is 0 Å². The minimum absolute atomic E-state index is 1.12. The van der Waals surface area contributed by atoms with Crippen molar-refractivity contribution in [3.8, 4) is 5.69 Å². The van der Waals surface area contributed by atoms with Gasteiger partial charge in [-0.25, -0.2) is 0 Å². The molecule has 0 radical (unpaired) electrons. The summed E-state index contributed by atoms with van der Waals surface area (Å²) in [5, 5.41) is 12.6. The predicted molar refractivity (Wildman–Crippen MR) is 221 cm³/mol. The highest BCUT2D eigenvalue weighted by Gasteiger charge is 2.21. The Morgan fingerprint density at radius 2 is 1.00 bits per heavy atom. The minimum Gasteiger partial charge on any atom is -0.310 e. The van der Waals surface area contributed by atoms with E-state index in [1.165, 1.54) is 74.3 Å². The second kappa shape index (κ2) is 11.0. The van der Waals surface area contributed by atoms with Gasteiger partial charge in [-0.2, -0.15) is 0 Å². The van der Waals surface area contributed by atoms with Crippen molar-refractivity contribution in [3.05, 3.63) is 182 Å². The van der Waals surface area contributed by atoms with Crippen molar-refractivity contribution in [1.29, 1.82) is 0 Å². The molecule has 2 heterocycles. The number of aromatic nitrogens is 1. The quantitative estimate of drug-likeness (QED) is 0.170. The van der Waals surface area contributed by atoms with Gasteiger partial charge in [0.1, 0.15) is 0 Å². The Labute approximate surface area is 298 Å². The van der Waals surface area contributed by atoms with Gasteiger partial charge in [0.05, 0.1) is 16.7 Å². The summed E-state index contributed by atoms with van der Waals surface area (Å²) in [5.41, 5.74) is 6.96. The van der Waals surface area contributed by atoms with Crippen LogP contribution in [0, 0.1) is 0 Å². The molecule has 0 bridgehead atoms. The molecule has 0 saturated carbocycles. The van der Waals surface area contributed by atoms with Crippen LogP contribution in [-0.2, 0) is 0 Å². The fourth-order valence-corrected chi connectivity index (χ4v) is 9.36. The third-order valence-electron chi connectivity index (χ3n) is 10.5. The van der Waals surface area contributed by atoms with Crippen LogP contribution in [0.15, 0.2) is 182 Å². The summed E-state index contributed by atoms with van der Waals surface area (Å²) < 4.78 is 5.02. The SMILES string of the molecule is c1ccc(-n2c3ccccc3c3ccc(N(c4ccc5sc6ccccc6c5c4)c4cc5ccc6ccccc6c5c5ccccc45)cc32)cc1. The Hall–Kier alpha value is -6.42. The van der Waals surface area contributed by atoms with Crippen LogP contribution in [0.4, 0.5) is 17.1 Å². The molecule has 0 fully saturated rings. The molecule has 11 aromatic rings. The zero-order chi connectivity index (χ0) is 33.5. The lowest BCUT2D eigenvalue weighted by molar-refractivity contribution is 1.18. The van der Waals surface area contributed by atoms with Crippen molar-refractivity contribution in [3.63, 3.8) is 0 Å². The van der Waals surface area contributed by atoms with E-state index in [0.717, 1.165) is 22.7 Å². The Kier molecular flexibility index (Phi) is 6.16. The van der Waals surface area contributed by atoms with Gasteiger partial charge in [0.2, 0.25) is 0 Å². The Balaban J connectivity index is 1.25. The van der Waals surface area contributed by atoms with E-state index in [9.17, 15) is 0 Å². The van der Waals surface area contributed by atoms with E-state index in [2.05, 4.69) is 191 Å². The maximum absolute atomic E-state index is 2.48. The molecule has 0 aliphatic carbocycles. The zero-order valence-corrected chi connectivity index (χ0v) is 28.4. The molecule has 9 aromatic carbocycles. The molecule has 0 spiro atoms. The second-order valence-corrected chi connectivity index (χ2v) is 14.4. The molecule has 0 amide bonds. The summed E-state index contributed by atoms with van der Waals surface area (Å²) in [5.74, 6) is 0. The van der Waals surface area contributed by atoms with Gasteiger partial charge in [0.25, 0.3) is 0 Å². The fourth-order valence-electron chi connectivity index (χ4n) is 8.28. The van der Waals surface area contributed by atoms with Crippen LogP contribution in [0.1, 0.15) is 0 Å². The molecule has 0 unspecified atom stereocenters. The largest absolute Gasteiger partial charge is 0.310 e. The molecule has 0 aliphatic rings. The molecule has 0 saturated heterocycles. The van der Waals surface area contributed by atoms with Crippen molar-refractivity contribution in [2.75, 3.05) is 4.90 Å². The molecular weight excluding hydrogens is 637 g/mol. The van der Waals surface area contributed by atoms with E-state index < -0.39 is 0 Å². The van der Waals surface area contributed by atoms with E-state index in [4.69, 9.17) is 0 Å². The van der Waals surface area contributed by atoms with E-state index >= 15 is 0 Å². The maximum atomic E-state index is 2.48. The Bertz CT molecular complexity index is 3150. The first kappa shape index (κ1) is 28.4. The summed E-state index contributed by atoms with van der Waals surface area (Å²) in [6, 6.07) is 66.9. The van der Waals surface area contributed by atoms with Gasteiger partial charge in [-0.3, -0.25) is 0 Å². The molecule has 2 nitrogen and oxygen atoms in total. The number of benzene rings is 9. The molecule has 0 aliphatic heterocycles. The van der Waals surface area contributed by atoms with Crippen LogP contribution >= 0.6 is 11.3 Å². The van der Waals surface area contributed by atoms with Crippen molar-refractivity contribution in [1.82, 2.24) is 4.57 Å². The lowest BCUT2D eigenvalue weighted by Gasteiger charge is -2.28. The Morgan fingerprint density at radius 1 is 0.373 bits per heavy atom. The average Bonchev–Trinajstić information content (AvgIpc) is 3.73. The second-order valence-electron chi connectivity index (χ2n) is 13.3. The molecular formula is C48H30N2S. The third-order valence-corrected chi connectivity index (χ3v) is 11.7. The molecule has 238 valence electrons. The lowest BCUT2D eigenvalue weighted by atomic mass is 9.94. The first-order valence-corrected chi connectivity index (χ1v) is 18.3. The monoisotopic (exact) mass is 666 g/mol. The van der Waals surface area contributed by atoms with Crippen molar-refractivity contribution in [2.45, 2.75) is 0 Å². The number of anilines is 3.